The van der Waals surface area contributed by atoms with E-state index in [9.17, 15) is 35.2 Å². The minimum atomic E-state index is -2.38. The highest BCUT2D eigenvalue weighted by Crippen LogP contribution is 2.44. The summed E-state index contributed by atoms with van der Waals surface area (Å²) >= 11 is 0. The Morgan fingerprint density at radius 3 is 2.28 bits per heavy atom. The largest absolute Gasteiger partial charge is 0.418 e. The van der Waals surface area contributed by atoms with E-state index < -0.39 is 17.1 Å². The first kappa shape index (κ1) is 37.9. The number of nitroso groups, excluding NO2 is 2. The molecule has 4 aromatic rings. The van der Waals surface area contributed by atoms with E-state index in [1.807, 2.05) is 19.1 Å². The SMILES string of the molecule is C=CCn1c2c(c(C)c(C#N)c1=O)N=Nc1cc(N=O)ccc1O[C@](C)(Oc1c(N=Nc3cc(N=O)ccc3OO)c(C)c(C#N)c(=O)n1CCCC)O2. The molecule has 54 heavy (non-hydrogen) atoms. The fourth-order valence-electron chi connectivity index (χ4n) is 5.37. The Hall–Kier alpha value is -7.38. The Kier molecular flexibility index (Phi) is 11.1. The Labute approximate surface area is 305 Å². The standard InChI is InChI=1S/C35H30N10O9/c1-6-8-14-45-32(47)24(18-37)20(4)30(41-39-26-16-22(43-49)10-12-28(26)54-50)34(45)53-35(5)51-27-11-9-21(42-48)15-25(27)38-40-29-19(3)23(17-36)31(46)44(13-7-2)33(29)52-35/h7,9-12,15-16,50H,2,6,8,13-14H2,1,3-5H3/t35-/m0/s1. The van der Waals surface area contributed by atoms with Gasteiger partial charge in [-0.05, 0) is 67.0 Å². The molecule has 1 atom stereocenters. The summed E-state index contributed by atoms with van der Waals surface area (Å²) in [7, 11) is 0. The van der Waals surface area contributed by atoms with Crippen molar-refractivity contribution >= 4 is 34.1 Å². The third-order valence-electron chi connectivity index (χ3n) is 8.11. The summed E-state index contributed by atoms with van der Waals surface area (Å²) in [5.74, 6) is -3.24. The van der Waals surface area contributed by atoms with Gasteiger partial charge in [0, 0.05) is 24.2 Å². The molecular weight excluding hydrogens is 704 g/mol. The molecule has 19 heteroatoms. The molecule has 19 nitrogen and oxygen atoms in total. The van der Waals surface area contributed by atoms with Gasteiger partial charge in [0.05, 0.1) is 6.92 Å². The maximum Gasteiger partial charge on any atom is 0.416 e. The quantitative estimate of drug-likeness (QED) is 0.0475. The van der Waals surface area contributed by atoms with Crippen LogP contribution in [0.15, 0.2) is 89.5 Å². The van der Waals surface area contributed by atoms with Gasteiger partial charge in [-0.15, -0.1) is 36.9 Å². The van der Waals surface area contributed by atoms with Gasteiger partial charge in [-0.3, -0.25) is 18.7 Å². The van der Waals surface area contributed by atoms with E-state index in [0.29, 0.717) is 12.8 Å². The lowest BCUT2D eigenvalue weighted by atomic mass is 10.1. The summed E-state index contributed by atoms with van der Waals surface area (Å²) in [6, 6.07) is 11.4. The van der Waals surface area contributed by atoms with E-state index >= 15 is 0 Å². The van der Waals surface area contributed by atoms with Crippen molar-refractivity contribution in [1.82, 2.24) is 9.13 Å². The van der Waals surface area contributed by atoms with Crippen LogP contribution in [0.25, 0.3) is 0 Å². The second-order valence-electron chi connectivity index (χ2n) is 11.7. The summed E-state index contributed by atoms with van der Waals surface area (Å²) in [6.07, 6.45) is 2.41. The summed E-state index contributed by atoms with van der Waals surface area (Å²) in [5, 5.41) is 52.2. The molecule has 0 spiro atoms. The number of aromatic nitrogens is 2. The normalized spacial score (nSPS) is 14.5. The molecule has 5 rings (SSSR count). The molecule has 3 heterocycles. The lowest BCUT2D eigenvalue weighted by Gasteiger charge is -2.33. The van der Waals surface area contributed by atoms with Gasteiger partial charge in [0.2, 0.25) is 11.8 Å². The van der Waals surface area contributed by atoms with Crippen LogP contribution < -0.4 is 30.2 Å². The molecule has 0 unspecified atom stereocenters. The number of nitriles is 2. The average molecular weight is 735 g/mol. The molecule has 2 aromatic heterocycles. The van der Waals surface area contributed by atoms with E-state index in [1.54, 1.807) is 0 Å². The molecule has 1 aliphatic heterocycles. The number of hydrogen-bond donors (Lipinski definition) is 1. The topological polar surface area (TPSA) is 257 Å². The Morgan fingerprint density at radius 2 is 1.63 bits per heavy atom. The number of ether oxygens (including phenoxy) is 3. The predicted molar refractivity (Wildman–Crippen MR) is 191 cm³/mol. The van der Waals surface area contributed by atoms with Crippen molar-refractivity contribution in [1.29, 1.82) is 10.5 Å². The van der Waals surface area contributed by atoms with Crippen LogP contribution in [0.4, 0.5) is 34.1 Å². The van der Waals surface area contributed by atoms with Crippen LogP contribution in [0.2, 0.25) is 0 Å². The molecule has 0 radical (unpaired) electrons. The van der Waals surface area contributed by atoms with Gasteiger partial charge in [-0.25, -0.2) is 5.26 Å². The molecule has 0 amide bonds. The fraction of sp³-hybridized carbons (Fsp3) is 0.257. The lowest BCUT2D eigenvalue weighted by molar-refractivity contribution is -0.243. The first-order valence-electron chi connectivity index (χ1n) is 16.1. The second-order valence-corrected chi connectivity index (χ2v) is 11.7. The Bertz CT molecular complexity index is 2460. The predicted octanol–water partition coefficient (Wildman–Crippen LogP) is 8.36. The summed E-state index contributed by atoms with van der Waals surface area (Å²) in [5.41, 5.74) is -2.52. The van der Waals surface area contributed by atoms with Crippen molar-refractivity contribution in [3.8, 4) is 35.4 Å². The third-order valence-corrected chi connectivity index (χ3v) is 8.11. The Morgan fingerprint density at radius 1 is 0.963 bits per heavy atom. The molecule has 0 bridgehead atoms. The van der Waals surface area contributed by atoms with Crippen LogP contribution in [0.3, 0.4) is 0 Å². The fourth-order valence-corrected chi connectivity index (χ4v) is 5.37. The van der Waals surface area contributed by atoms with Gasteiger partial charge in [0.15, 0.2) is 22.9 Å². The van der Waals surface area contributed by atoms with Gasteiger partial charge in [0.25, 0.3) is 11.1 Å². The number of pyridine rings is 2. The van der Waals surface area contributed by atoms with E-state index in [2.05, 4.69) is 42.3 Å². The maximum absolute atomic E-state index is 13.9. The summed E-state index contributed by atoms with van der Waals surface area (Å²) in [6.45, 7) is 9.61. The molecular formula is C35H30N10O9. The highest BCUT2D eigenvalue weighted by molar-refractivity contribution is 5.65. The van der Waals surface area contributed by atoms with Crippen LogP contribution in [0.1, 0.15) is 48.9 Å². The van der Waals surface area contributed by atoms with Gasteiger partial charge in [-0.2, -0.15) is 10.5 Å². The van der Waals surface area contributed by atoms with E-state index in [-0.39, 0.29) is 92.7 Å². The van der Waals surface area contributed by atoms with Crippen LogP contribution in [-0.2, 0) is 13.1 Å². The maximum atomic E-state index is 13.9. The molecule has 0 saturated carbocycles. The summed E-state index contributed by atoms with van der Waals surface area (Å²) in [4.78, 5) is 54.6. The number of rotatable bonds is 12. The van der Waals surface area contributed by atoms with Crippen LogP contribution in [0, 0.1) is 46.3 Å². The molecule has 1 aliphatic rings. The van der Waals surface area contributed by atoms with Gasteiger partial charge in [-0.1, -0.05) is 19.4 Å². The van der Waals surface area contributed by atoms with Crippen molar-refractivity contribution in [3.05, 3.63) is 102 Å². The van der Waals surface area contributed by atoms with Crippen LogP contribution >= 0.6 is 0 Å². The van der Waals surface area contributed by atoms with Crippen molar-refractivity contribution in [2.45, 2.75) is 59.6 Å². The molecule has 1 N–H and O–H groups in total. The number of azo groups is 2. The van der Waals surface area contributed by atoms with Crippen molar-refractivity contribution in [2.75, 3.05) is 0 Å². The van der Waals surface area contributed by atoms with Gasteiger partial charge < -0.3 is 19.1 Å². The van der Waals surface area contributed by atoms with Crippen LogP contribution in [-0.4, -0.2) is 20.4 Å². The Balaban J connectivity index is 1.85. The summed E-state index contributed by atoms with van der Waals surface area (Å²) < 4.78 is 21.4. The van der Waals surface area contributed by atoms with Gasteiger partial charge in [0.1, 0.15) is 46.0 Å². The second kappa shape index (κ2) is 15.9. The van der Waals surface area contributed by atoms with Crippen LogP contribution in [0.5, 0.6) is 23.3 Å². The van der Waals surface area contributed by atoms with Gasteiger partial charge >= 0.3 is 5.97 Å². The number of fused-ring (bicyclic) bond motifs is 2. The first-order valence-corrected chi connectivity index (χ1v) is 16.1. The number of allylic oxidation sites excluding steroid dienone is 1. The molecule has 274 valence electrons. The zero-order valence-corrected chi connectivity index (χ0v) is 29.3. The first-order chi connectivity index (χ1) is 26.0. The number of hydrogen-bond acceptors (Lipinski definition) is 17. The monoisotopic (exact) mass is 734 g/mol. The third kappa shape index (κ3) is 7.20. The van der Waals surface area contributed by atoms with E-state index in [0.717, 1.165) is 9.13 Å². The lowest BCUT2D eigenvalue weighted by Crippen LogP contribution is -2.47. The minimum Gasteiger partial charge on any atom is -0.418 e. The van der Waals surface area contributed by atoms with Crippen molar-refractivity contribution in [2.24, 2.45) is 30.8 Å². The van der Waals surface area contributed by atoms with E-state index in [1.165, 1.54) is 63.2 Å². The average Bonchev–Trinajstić information content (AvgIpc) is 3.22. The smallest absolute Gasteiger partial charge is 0.416 e. The van der Waals surface area contributed by atoms with Crippen molar-refractivity contribution in [3.63, 3.8) is 0 Å². The highest BCUT2D eigenvalue weighted by Gasteiger charge is 2.40. The van der Waals surface area contributed by atoms with Crippen molar-refractivity contribution < 1.29 is 24.4 Å². The number of nitrogens with zero attached hydrogens (tertiary/aromatic N) is 10. The highest BCUT2D eigenvalue weighted by atomic mass is 17.1. The molecule has 0 aliphatic carbocycles. The number of benzene rings is 2. The zero-order valence-electron chi connectivity index (χ0n) is 29.3. The molecule has 2 aromatic carbocycles. The zero-order chi connectivity index (χ0) is 39.2. The molecule has 0 saturated heterocycles. The molecule has 0 fully saturated rings. The number of unbranched alkanes of at least 4 members (excludes halogenated alkanes) is 1. The van der Waals surface area contributed by atoms with E-state index in [4.69, 9.17) is 14.2 Å². The minimum absolute atomic E-state index is 0.00574.